The van der Waals surface area contributed by atoms with Gasteiger partial charge in [-0.3, -0.25) is 0 Å². The van der Waals surface area contributed by atoms with Crippen LogP contribution in [-0.2, 0) is 5.41 Å². The van der Waals surface area contributed by atoms with Crippen LogP contribution < -0.4 is 3.58 Å². The molecule has 0 fully saturated rings. The SMILES string of the molecule is CCCCCCCCCCC1(CCCCCCCCCC)c2cc(-c3cccs3)ccc2-c2cc[c]([Sn]([CH2]CCC)([CH2]CCC)[CH2]CCC)cc21. The Balaban J connectivity index is 1.75. The second kappa shape index (κ2) is 23.7. The summed E-state index contributed by atoms with van der Waals surface area (Å²) in [5.74, 6) is 0. The van der Waals surface area contributed by atoms with Crippen LogP contribution >= 0.6 is 11.3 Å². The molecule has 4 rings (SSSR count). The molecule has 2 heteroatoms. The van der Waals surface area contributed by atoms with Gasteiger partial charge in [0.25, 0.3) is 0 Å². The summed E-state index contributed by atoms with van der Waals surface area (Å²) in [6, 6.07) is 20.5. The van der Waals surface area contributed by atoms with Gasteiger partial charge in [-0.2, -0.15) is 0 Å². The number of rotatable bonds is 29. The van der Waals surface area contributed by atoms with E-state index in [0.717, 1.165) is 0 Å². The van der Waals surface area contributed by atoms with Crippen molar-refractivity contribution in [2.24, 2.45) is 0 Å². The molecule has 0 radical (unpaired) electrons. The minimum atomic E-state index is -2.61. The van der Waals surface area contributed by atoms with E-state index in [2.05, 4.69) is 88.5 Å². The van der Waals surface area contributed by atoms with Gasteiger partial charge in [0.1, 0.15) is 0 Å². The topological polar surface area (TPSA) is 0 Å². The summed E-state index contributed by atoms with van der Waals surface area (Å²) >= 11 is -0.698. The summed E-state index contributed by atoms with van der Waals surface area (Å²) in [4.78, 5) is 1.43. The van der Waals surface area contributed by atoms with Crippen LogP contribution in [0.1, 0.15) is 200 Å². The number of hydrogen-bond donors (Lipinski definition) is 0. The van der Waals surface area contributed by atoms with Gasteiger partial charge in [-0.15, -0.1) is 0 Å². The van der Waals surface area contributed by atoms with Gasteiger partial charge in [-0.1, -0.05) is 26.7 Å². The molecule has 1 heterocycles. The van der Waals surface area contributed by atoms with Gasteiger partial charge in [0.15, 0.2) is 0 Å². The minimum absolute atomic E-state index is 0.163. The van der Waals surface area contributed by atoms with Crippen molar-refractivity contribution in [2.45, 2.75) is 207 Å². The second-order valence-electron chi connectivity index (χ2n) is 16.6. The second-order valence-corrected chi connectivity index (χ2v) is 30.8. The molecule has 0 N–H and O–H groups in total. The van der Waals surface area contributed by atoms with Crippen LogP contribution in [0.25, 0.3) is 21.6 Å². The van der Waals surface area contributed by atoms with Crippen LogP contribution in [0.5, 0.6) is 0 Å². The molecule has 0 aliphatic heterocycles. The molecule has 51 heavy (non-hydrogen) atoms. The van der Waals surface area contributed by atoms with Gasteiger partial charge in [0.05, 0.1) is 0 Å². The molecular weight excluding hydrogens is 739 g/mol. The monoisotopic (exact) mass is 818 g/mol. The first-order valence-electron chi connectivity index (χ1n) is 22.4. The van der Waals surface area contributed by atoms with Crippen LogP contribution in [0, 0.1) is 0 Å². The Morgan fingerprint density at radius 1 is 0.471 bits per heavy atom. The number of fused-ring (bicyclic) bond motifs is 3. The molecular formula is C49H78SSn. The Kier molecular flexibility index (Phi) is 19.8. The Bertz CT molecular complexity index is 1310. The van der Waals surface area contributed by atoms with E-state index in [-0.39, 0.29) is 5.41 Å². The average Bonchev–Trinajstić information content (AvgIpc) is 3.79. The van der Waals surface area contributed by atoms with Crippen molar-refractivity contribution in [2.75, 3.05) is 0 Å². The van der Waals surface area contributed by atoms with Crippen molar-refractivity contribution in [3.8, 4) is 21.6 Å². The first kappa shape index (κ1) is 42.7. The zero-order chi connectivity index (χ0) is 36.2. The molecule has 284 valence electrons. The normalized spacial score (nSPS) is 13.5. The van der Waals surface area contributed by atoms with Gasteiger partial charge in [-0.25, -0.2) is 0 Å². The Morgan fingerprint density at radius 2 is 0.922 bits per heavy atom. The van der Waals surface area contributed by atoms with Gasteiger partial charge < -0.3 is 0 Å². The number of thiophene rings is 1. The molecule has 1 aliphatic carbocycles. The predicted octanol–water partition coefficient (Wildman–Crippen LogP) is 16.8. The summed E-state index contributed by atoms with van der Waals surface area (Å²) in [6.45, 7) is 12.0. The molecule has 0 saturated carbocycles. The van der Waals surface area contributed by atoms with Crippen LogP contribution in [0.4, 0.5) is 0 Å². The van der Waals surface area contributed by atoms with Gasteiger partial charge in [0.2, 0.25) is 0 Å². The zero-order valence-electron chi connectivity index (χ0n) is 34.2. The molecule has 0 nitrogen and oxygen atoms in total. The Hall–Kier alpha value is -1.06. The Labute approximate surface area is 325 Å². The van der Waals surface area contributed by atoms with Gasteiger partial charge in [-0.05, 0) is 0 Å². The van der Waals surface area contributed by atoms with E-state index in [0.29, 0.717) is 0 Å². The van der Waals surface area contributed by atoms with Crippen molar-refractivity contribution < 1.29 is 0 Å². The van der Waals surface area contributed by atoms with Crippen LogP contribution in [0.2, 0.25) is 13.3 Å². The van der Waals surface area contributed by atoms with Gasteiger partial charge in [0, 0.05) is 0 Å². The summed E-state index contributed by atoms with van der Waals surface area (Å²) in [5.41, 5.74) is 8.20. The van der Waals surface area contributed by atoms with E-state index in [1.807, 2.05) is 14.9 Å². The van der Waals surface area contributed by atoms with Crippen molar-refractivity contribution in [3.05, 3.63) is 65.0 Å². The zero-order valence-corrected chi connectivity index (χ0v) is 37.9. The van der Waals surface area contributed by atoms with E-state index in [9.17, 15) is 0 Å². The maximum absolute atomic E-state index is 2.92. The van der Waals surface area contributed by atoms with Crippen molar-refractivity contribution in [1.29, 1.82) is 0 Å². The van der Waals surface area contributed by atoms with E-state index < -0.39 is 18.4 Å². The fraction of sp³-hybridized carbons (Fsp3) is 0.673. The number of hydrogen-bond acceptors (Lipinski definition) is 1. The van der Waals surface area contributed by atoms with E-state index in [1.165, 1.54) is 165 Å². The van der Waals surface area contributed by atoms with Crippen molar-refractivity contribution in [1.82, 2.24) is 0 Å². The summed E-state index contributed by atoms with van der Waals surface area (Å²) in [7, 11) is 0. The van der Waals surface area contributed by atoms with E-state index in [4.69, 9.17) is 0 Å². The third-order valence-electron chi connectivity index (χ3n) is 12.7. The maximum atomic E-state index is 2.92. The first-order valence-corrected chi connectivity index (χ1v) is 30.8. The molecule has 0 unspecified atom stereocenters. The van der Waals surface area contributed by atoms with Gasteiger partial charge >= 0.3 is 301 Å². The molecule has 0 atom stereocenters. The molecule has 1 aliphatic rings. The van der Waals surface area contributed by atoms with Crippen LogP contribution in [0.15, 0.2) is 53.9 Å². The van der Waals surface area contributed by atoms with Crippen molar-refractivity contribution in [3.63, 3.8) is 0 Å². The molecule has 0 spiro atoms. The van der Waals surface area contributed by atoms with Crippen LogP contribution in [0.3, 0.4) is 0 Å². The average molecular weight is 818 g/mol. The molecule has 0 saturated heterocycles. The summed E-state index contributed by atoms with van der Waals surface area (Å²) in [5, 5.41) is 2.26. The van der Waals surface area contributed by atoms with E-state index in [1.54, 1.807) is 35.6 Å². The molecule has 0 bridgehead atoms. The molecule has 2 aromatic carbocycles. The first-order chi connectivity index (χ1) is 25.1. The quantitative estimate of drug-likeness (QED) is 0.0484. The molecule has 0 amide bonds. The fourth-order valence-corrected chi connectivity index (χ4v) is 26.3. The fourth-order valence-electron chi connectivity index (χ4n) is 9.56. The van der Waals surface area contributed by atoms with Crippen molar-refractivity contribution >= 4 is 33.3 Å². The summed E-state index contributed by atoms with van der Waals surface area (Å²) in [6.07, 6.45) is 33.4. The summed E-state index contributed by atoms with van der Waals surface area (Å²) < 4.78 is 6.56. The standard InChI is InChI=1S/C37H51S.3C4H9.Sn/c1-3-5-7-9-11-13-15-19-27-37(28-20-16-14-12-10-8-6-4-2)34-23-18-17-22-32(34)33-26-25-31(30-35(33)37)36-24-21-29-38-36;3*1-3-4-2;/h17,21-26,29-30H,3-16,19-20,27-28H2,1-2H3;3*1,3-4H2,2H3;. The predicted molar refractivity (Wildman–Crippen MR) is 235 cm³/mol. The van der Waals surface area contributed by atoms with E-state index >= 15 is 0 Å². The van der Waals surface area contributed by atoms with Crippen LogP contribution in [-0.4, -0.2) is 18.4 Å². The molecule has 3 aromatic rings. The Morgan fingerprint density at radius 3 is 1.39 bits per heavy atom. The molecule has 1 aromatic heterocycles. The number of benzene rings is 2. The number of unbranched alkanes of at least 4 members (excludes halogenated alkanes) is 17. The third kappa shape index (κ3) is 12.0. The third-order valence-corrected chi connectivity index (χ3v) is 29.2.